The third-order valence-electron chi connectivity index (χ3n) is 2.64. The largest absolute Gasteiger partial charge is 0.493 e. The molecule has 0 radical (unpaired) electrons. The molecule has 0 unspecified atom stereocenters. The number of nitrogens with zero attached hydrogens (tertiary/aromatic N) is 3. The minimum atomic E-state index is 0.208. The maximum absolute atomic E-state index is 8.73. The van der Waals surface area contributed by atoms with Crippen molar-refractivity contribution in [1.29, 1.82) is 0 Å². The maximum atomic E-state index is 8.73. The molecule has 0 aliphatic carbocycles. The van der Waals surface area contributed by atoms with E-state index in [4.69, 9.17) is 24.5 Å². The molecule has 112 valence electrons. The van der Waals surface area contributed by atoms with Gasteiger partial charge < -0.3 is 18.9 Å². The first-order valence-corrected chi connectivity index (χ1v) is 6.07. The summed E-state index contributed by atoms with van der Waals surface area (Å²) in [6.45, 7) is 2.22. The smallest absolute Gasteiger partial charge is 0.203 e. The molecule has 0 saturated heterocycles. The van der Waals surface area contributed by atoms with Crippen molar-refractivity contribution in [3.8, 4) is 29.1 Å². The van der Waals surface area contributed by atoms with Crippen molar-refractivity contribution in [1.82, 2.24) is 0 Å². The van der Waals surface area contributed by atoms with Gasteiger partial charge in [-0.05, 0) is 24.1 Å². The van der Waals surface area contributed by atoms with Gasteiger partial charge in [-0.25, -0.2) is 0 Å². The van der Waals surface area contributed by atoms with Crippen molar-refractivity contribution in [2.45, 2.75) is 13.5 Å². The van der Waals surface area contributed by atoms with E-state index >= 15 is 0 Å². The van der Waals surface area contributed by atoms with Gasteiger partial charge in [-0.15, -0.1) is 5.92 Å². The first kappa shape index (κ1) is 16.5. The third kappa shape index (κ3) is 3.96. The Morgan fingerprint density at radius 2 is 1.90 bits per heavy atom. The number of rotatable bonds is 7. The second-order valence-corrected chi connectivity index (χ2v) is 3.76. The quantitative estimate of drug-likeness (QED) is 0.254. The van der Waals surface area contributed by atoms with Crippen LogP contribution in [0, 0.1) is 11.8 Å². The van der Waals surface area contributed by atoms with Crippen LogP contribution in [0.15, 0.2) is 11.2 Å². The van der Waals surface area contributed by atoms with Crippen LogP contribution in [0.3, 0.4) is 0 Å². The van der Waals surface area contributed by atoms with Crippen LogP contribution in [0.4, 0.5) is 5.69 Å². The van der Waals surface area contributed by atoms with Crippen LogP contribution in [-0.2, 0) is 11.3 Å². The van der Waals surface area contributed by atoms with Crippen molar-refractivity contribution >= 4 is 5.69 Å². The molecule has 7 heteroatoms. The standard InChI is InChI=1S/C14H17N3O4/c1-5-6-7-21-9-10-8-11(18-2)13(19-3)14(20-4)12(10)16-17-15/h8H,7,9H2,1-4H3. The van der Waals surface area contributed by atoms with Crippen LogP contribution >= 0.6 is 0 Å². The van der Waals surface area contributed by atoms with Crippen molar-refractivity contribution in [3.63, 3.8) is 0 Å². The second-order valence-electron chi connectivity index (χ2n) is 3.76. The van der Waals surface area contributed by atoms with Crippen molar-refractivity contribution in [2.24, 2.45) is 5.11 Å². The lowest BCUT2D eigenvalue weighted by molar-refractivity contribution is 0.153. The Morgan fingerprint density at radius 1 is 1.19 bits per heavy atom. The summed E-state index contributed by atoms with van der Waals surface area (Å²) in [5, 5.41) is 3.66. The molecule has 0 fully saturated rings. The summed E-state index contributed by atoms with van der Waals surface area (Å²) >= 11 is 0. The minimum absolute atomic E-state index is 0.208. The Kier molecular flexibility index (Phi) is 6.75. The lowest BCUT2D eigenvalue weighted by atomic mass is 10.1. The molecule has 0 saturated carbocycles. The molecule has 0 spiro atoms. The average molecular weight is 291 g/mol. The van der Waals surface area contributed by atoms with Crippen LogP contribution in [0.5, 0.6) is 17.2 Å². The number of azide groups is 1. The molecule has 0 atom stereocenters. The molecule has 1 rings (SSSR count). The third-order valence-corrected chi connectivity index (χ3v) is 2.64. The zero-order chi connectivity index (χ0) is 15.7. The van der Waals surface area contributed by atoms with Gasteiger partial charge >= 0.3 is 0 Å². The Labute approximate surface area is 123 Å². The highest BCUT2D eigenvalue weighted by atomic mass is 16.5. The topological polar surface area (TPSA) is 85.7 Å². The molecule has 0 aromatic heterocycles. The van der Waals surface area contributed by atoms with Gasteiger partial charge in [-0.1, -0.05) is 11.0 Å². The molecule has 0 bridgehead atoms. The fraction of sp³-hybridized carbons (Fsp3) is 0.429. The summed E-state index contributed by atoms with van der Waals surface area (Å²) in [7, 11) is 4.45. The predicted octanol–water partition coefficient (Wildman–Crippen LogP) is 3.19. The Bertz CT molecular complexity index is 598. The first-order valence-electron chi connectivity index (χ1n) is 6.07. The molecule has 21 heavy (non-hydrogen) atoms. The van der Waals surface area contributed by atoms with E-state index in [9.17, 15) is 0 Å². The van der Waals surface area contributed by atoms with Gasteiger partial charge in [0.15, 0.2) is 11.5 Å². The number of benzene rings is 1. The summed E-state index contributed by atoms with van der Waals surface area (Å²) in [5.74, 6) is 6.64. The van der Waals surface area contributed by atoms with Gasteiger partial charge in [0.25, 0.3) is 0 Å². The number of hydrogen-bond donors (Lipinski definition) is 0. The summed E-state index contributed by atoms with van der Waals surface area (Å²) < 4.78 is 21.2. The molecular weight excluding hydrogens is 274 g/mol. The van der Waals surface area contributed by atoms with Gasteiger partial charge in [-0.2, -0.15) is 0 Å². The Balaban J connectivity index is 3.31. The zero-order valence-electron chi connectivity index (χ0n) is 12.5. The lowest BCUT2D eigenvalue weighted by Gasteiger charge is -2.17. The van der Waals surface area contributed by atoms with Crippen molar-refractivity contribution in [3.05, 3.63) is 22.1 Å². The highest BCUT2D eigenvalue weighted by Crippen LogP contribution is 2.46. The van der Waals surface area contributed by atoms with Gasteiger partial charge in [0.2, 0.25) is 5.75 Å². The van der Waals surface area contributed by atoms with E-state index in [0.29, 0.717) is 28.5 Å². The van der Waals surface area contributed by atoms with Gasteiger partial charge in [-0.3, -0.25) is 0 Å². The van der Waals surface area contributed by atoms with Crippen molar-refractivity contribution in [2.75, 3.05) is 27.9 Å². The first-order chi connectivity index (χ1) is 10.2. The number of hydrogen-bond acceptors (Lipinski definition) is 5. The fourth-order valence-corrected chi connectivity index (χ4v) is 1.74. The summed E-state index contributed by atoms with van der Waals surface area (Å²) in [6.07, 6.45) is 0. The van der Waals surface area contributed by atoms with Crippen LogP contribution in [0.25, 0.3) is 10.4 Å². The summed E-state index contributed by atoms with van der Waals surface area (Å²) in [5.41, 5.74) is 9.66. The lowest BCUT2D eigenvalue weighted by Crippen LogP contribution is -2.00. The molecule has 0 aliphatic heterocycles. The average Bonchev–Trinajstić information content (AvgIpc) is 2.51. The van der Waals surface area contributed by atoms with E-state index in [-0.39, 0.29) is 13.2 Å². The van der Waals surface area contributed by atoms with E-state index in [1.54, 1.807) is 13.0 Å². The van der Waals surface area contributed by atoms with Crippen LogP contribution < -0.4 is 14.2 Å². The number of ether oxygens (including phenoxy) is 4. The van der Waals surface area contributed by atoms with E-state index in [1.165, 1.54) is 21.3 Å². The second kappa shape index (κ2) is 8.59. The molecule has 1 aromatic rings. The van der Waals surface area contributed by atoms with E-state index in [2.05, 4.69) is 21.9 Å². The molecule has 0 N–H and O–H groups in total. The maximum Gasteiger partial charge on any atom is 0.203 e. The summed E-state index contributed by atoms with van der Waals surface area (Å²) in [6, 6.07) is 1.69. The molecular formula is C14H17N3O4. The number of methoxy groups -OCH3 is 3. The molecule has 1 aromatic carbocycles. The van der Waals surface area contributed by atoms with Gasteiger partial charge in [0, 0.05) is 4.91 Å². The Hall–Kier alpha value is -2.55. The van der Waals surface area contributed by atoms with Crippen molar-refractivity contribution < 1.29 is 18.9 Å². The Morgan fingerprint density at radius 3 is 2.43 bits per heavy atom. The SMILES string of the molecule is CC#CCOCc1cc(OC)c(OC)c(OC)c1N=[N+]=[N-]. The summed E-state index contributed by atoms with van der Waals surface area (Å²) in [4.78, 5) is 2.82. The van der Waals surface area contributed by atoms with Gasteiger partial charge in [0.05, 0.1) is 33.6 Å². The molecule has 7 nitrogen and oxygen atoms in total. The van der Waals surface area contributed by atoms with E-state index in [0.717, 1.165) is 0 Å². The highest BCUT2D eigenvalue weighted by Gasteiger charge is 2.19. The van der Waals surface area contributed by atoms with Crippen LogP contribution in [0.1, 0.15) is 12.5 Å². The molecule has 0 aliphatic rings. The van der Waals surface area contributed by atoms with Crippen LogP contribution in [0.2, 0.25) is 0 Å². The normalized spacial score (nSPS) is 9.14. The van der Waals surface area contributed by atoms with Gasteiger partial charge in [0.1, 0.15) is 6.61 Å². The fourth-order valence-electron chi connectivity index (χ4n) is 1.74. The zero-order valence-corrected chi connectivity index (χ0v) is 12.5. The monoisotopic (exact) mass is 291 g/mol. The van der Waals surface area contributed by atoms with E-state index in [1.807, 2.05) is 0 Å². The molecule has 0 heterocycles. The van der Waals surface area contributed by atoms with Crippen LogP contribution in [-0.4, -0.2) is 27.9 Å². The predicted molar refractivity (Wildman–Crippen MR) is 78.0 cm³/mol. The highest BCUT2D eigenvalue weighted by molar-refractivity contribution is 5.69. The molecule has 0 amide bonds. The van der Waals surface area contributed by atoms with E-state index < -0.39 is 0 Å². The minimum Gasteiger partial charge on any atom is -0.493 e.